The molecular formula is C24H29N3O2. The molecule has 1 aromatic heterocycles. The van der Waals surface area contributed by atoms with Crippen LogP contribution in [0.5, 0.6) is 6.01 Å². The van der Waals surface area contributed by atoms with Gasteiger partial charge in [0.1, 0.15) is 0 Å². The van der Waals surface area contributed by atoms with Gasteiger partial charge >= 0.3 is 6.01 Å². The minimum atomic E-state index is -0.230. The lowest BCUT2D eigenvalue weighted by Crippen LogP contribution is -2.16. The molecule has 0 aliphatic rings. The number of benzene rings is 2. The number of rotatable bonds is 5. The lowest BCUT2D eigenvalue weighted by Gasteiger charge is -2.19. The molecule has 0 spiro atoms. The lowest BCUT2D eigenvalue weighted by atomic mass is 9.87. The van der Waals surface area contributed by atoms with Crippen LogP contribution in [0.3, 0.4) is 0 Å². The molecule has 0 N–H and O–H groups in total. The molecule has 0 aliphatic heterocycles. The van der Waals surface area contributed by atoms with Crippen molar-refractivity contribution < 1.29 is 9.53 Å². The number of aryl methyl sites for hydroxylation is 1. The Kier molecular flexibility index (Phi) is 5.87. The van der Waals surface area contributed by atoms with Crippen molar-refractivity contribution in [1.29, 1.82) is 0 Å². The summed E-state index contributed by atoms with van der Waals surface area (Å²) in [4.78, 5) is 17.7. The molecule has 0 unspecified atom stereocenters. The molecular weight excluding hydrogens is 362 g/mol. The predicted molar refractivity (Wildman–Crippen MR) is 115 cm³/mol. The number of hydrogen-bond acceptors (Lipinski definition) is 4. The van der Waals surface area contributed by atoms with Gasteiger partial charge in [-0.25, -0.2) is 0 Å². The lowest BCUT2D eigenvalue weighted by molar-refractivity contribution is 0.0944. The van der Waals surface area contributed by atoms with Gasteiger partial charge in [-0.15, -0.1) is 5.10 Å². The molecule has 5 heteroatoms. The molecule has 0 amide bonds. The fraction of sp³-hybridized carbons (Fsp3) is 0.375. The number of carbonyl (C=O) groups excluding carboxylic acids is 1. The van der Waals surface area contributed by atoms with Gasteiger partial charge in [-0.3, -0.25) is 4.79 Å². The topological polar surface area (TPSA) is 57.0 Å². The van der Waals surface area contributed by atoms with Crippen LogP contribution in [-0.2, 0) is 5.41 Å². The summed E-state index contributed by atoms with van der Waals surface area (Å²) in [6, 6.07) is 15.8. The van der Waals surface area contributed by atoms with Crippen LogP contribution in [0.15, 0.2) is 48.5 Å². The fourth-order valence-corrected chi connectivity index (χ4v) is 2.86. The first-order valence-electron chi connectivity index (χ1n) is 9.97. The molecule has 152 valence electrons. The van der Waals surface area contributed by atoms with Crippen LogP contribution in [0.25, 0.3) is 11.4 Å². The summed E-state index contributed by atoms with van der Waals surface area (Å²) in [7, 11) is 0. The van der Waals surface area contributed by atoms with Crippen LogP contribution < -0.4 is 4.74 Å². The van der Waals surface area contributed by atoms with E-state index in [1.165, 1.54) is 10.2 Å². The average Bonchev–Trinajstić information content (AvgIpc) is 3.10. The third-order valence-electron chi connectivity index (χ3n) is 4.63. The van der Waals surface area contributed by atoms with Gasteiger partial charge in [-0.1, -0.05) is 76.6 Å². The smallest absolute Gasteiger partial charge is 0.336 e. The fourth-order valence-electron chi connectivity index (χ4n) is 2.86. The van der Waals surface area contributed by atoms with E-state index in [1.807, 2.05) is 31.2 Å². The second-order valence-corrected chi connectivity index (χ2v) is 8.83. The van der Waals surface area contributed by atoms with E-state index < -0.39 is 0 Å². The van der Waals surface area contributed by atoms with Gasteiger partial charge in [0.2, 0.25) is 0 Å². The maximum Gasteiger partial charge on any atom is 0.336 e. The number of aromatic nitrogens is 3. The highest BCUT2D eigenvalue weighted by Crippen LogP contribution is 2.27. The Labute approximate surface area is 172 Å². The Morgan fingerprint density at radius 3 is 2.21 bits per heavy atom. The zero-order valence-corrected chi connectivity index (χ0v) is 18.1. The maximum atomic E-state index is 13.1. The first-order chi connectivity index (χ1) is 13.6. The van der Waals surface area contributed by atoms with E-state index in [-0.39, 0.29) is 17.3 Å². The number of hydrogen-bond donors (Lipinski definition) is 0. The van der Waals surface area contributed by atoms with Crippen molar-refractivity contribution in [2.75, 3.05) is 6.61 Å². The summed E-state index contributed by atoms with van der Waals surface area (Å²) >= 11 is 0. The van der Waals surface area contributed by atoms with Gasteiger partial charge in [0.05, 0.1) is 6.61 Å². The largest absolute Gasteiger partial charge is 0.462 e. The van der Waals surface area contributed by atoms with E-state index in [0.717, 1.165) is 11.1 Å². The number of nitrogens with zero attached hydrogens (tertiary/aromatic N) is 3. The molecule has 0 aliphatic carbocycles. The molecule has 0 radical (unpaired) electrons. The quantitative estimate of drug-likeness (QED) is 0.594. The molecule has 0 bridgehead atoms. The molecule has 2 aromatic carbocycles. The zero-order chi connectivity index (χ0) is 21.2. The van der Waals surface area contributed by atoms with Crippen molar-refractivity contribution in [2.45, 2.75) is 47.0 Å². The van der Waals surface area contributed by atoms with Crippen LogP contribution in [0, 0.1) is 12.8 Å². The molecule has 1 heterocycles. The Morgan fingerprint density at radius 1 is 1.03 bits per heavy atom. The molecule has 3 rings (SSSR count). The summed E-state index contributed by atoms with van der Waals surface area (Å²) < 4.78 is 7.04. The Morgan fingerprint density at radius 2 is 1.66 bits per heavy atom. The third-order valence-corrected chi connectivity index (χ3v) is 4.63. The van der Waals surface area contributed by atoms with E-state index >= 15 is 0 Å². The molecule has 5 nitrogen and oxygen atoms in total. The van der Waals surface area contributed by atoms with Gasteiger partial charge in [-0.2, -0.15) is 9.67 Å². The van der Waals surface area contributed by atoms with Crippen LogP contribution >= 0.6 is 0 Å². The van der Waals surface area contributed by atoms with Crippen LogP contribution in [0.2, 0.25) is 0 Å². The summed E-state index contributed by atoms with van der Waals surface area (Å²) in [5.41, 5.74) is 3.75. The van der Waals surface area contributed by atoms with Gasteiger partial charge in [0, 0.05) is 11.1 Å². The van der Waals surface area contributed by atoms with Crippen LogP contribution in [0.4, 0.5) is 0 Å². The van der Waals surface area contributed by atoms with Crippen molar-refractivity contribution in [1.82, 2.24) is 14.8 Å². The Bertz CT molecular complexity index is 978. The highest BCUT2D eigenvalue weighted by atomic mass is 16.5. The average molecular weight is 392 g/mol. The van der Waals surface area contributed by atoms with E-state index in [9.17, 15) is 4.79 Å². The summed E-state index contributed by atoms with van der Waals surface area (Å²) in [5.74, 6) is 0.589. The highest BCUT2D eigenvalue weighted by Gasteiger charge is 2.21. The standard InChI is InChI=1S/C24H29N3O2/c1-16(2)15-29-23-25-21(18-11-13-20(14-12-18)24(4,5)6)27(26-23)22(28)19-9-7-17(3)8-10-19/h7-14,16H,15H2,1-6H3. The number of ether oxygens (including phenoxy) is 1. The molecule has 0 atom stereocenters. The molecule has 29 heavy (non-hydrogen) atoms. The Balaban J connectivity index is 2.02. The Hall–Kier alpha value is -2.95. The van der Waals surface area contributed by atoms with E-state index in [4.69, 9.17) is 4.74 Å². The van der Waals surface area contributed by atoms with Crippen molar-refractivity contribution in [3.05, 3.63) is 65.2 Å². The normalized spacial score (nSPS) is 11.7. The van der Waals surface area contributed by atoms with Crippen molar-refractivity contribution in [3.8, 4) is 17.4 Å². The summed E-state index contributed by atoms with van der Waals surface area (Å²) in [5, 5.41) is 4.36. The number of carbonyl (C=O) groups is 1. The maximum absolute atomic E-state index is 13.1. The second-order valence-electron chi connectivity index (χ2n) is 8.83. The predicted octanol–water partition coefficient (Wildman–Crippen LogP) is 5.27. The second kappa shape index (κ2) is 8.19. The minimum Gasteiger partial charge on any atom is -0.462 e. The van der Waals surface area contributed by atoms with Gasteiger partial charge < -0.3 is 4.74 Å². The SMILES string of the molecule is Cc1ccc(C(=O)n2nc(OCC(C)C)nc2-c2ccc(C(C)(C)C)cc2)cc1. The minimum absolute atomic E-state index is 0.0510. The highest BCUT2D eigenvalue weighted by molar-refractivity contribution is 5.97. The van der Waals surface area contributed by atoms with Gasteiger partial charge in [0.25, 0.3) is 5.91 Å². The third kappa shape index (κ3) is 4.91. The van der Waals surface area contributed by atoms with Gasteiger partial charge in [0.15, 0.2) is 5.82 Å². The van der Waals surface area contributed by atoms with Crippen molar-refractivity contribution in [3.63, 3.8) is 0 Å². The van der Waals surface area contributed by atoms with E-state index in [0.29, 0.717) is 23.9 Å². The molecule has 0 saturated heterocycles. The van der Waals surface area contributed by atoms with Crippen molar-refractivity contribution >= 4 is 5.91 Å². The summed E-state index contributed by atoms with van der Waals surface area (Å²) in [6.07, 6.45) is 0. The summed E-state index contributed by atoms with van der Waals surface area (Å²) in [6.45, 7) is 13.1. The molecule has 3 aromatic rings. The van der Waals surface area contributed by atoms with Gasteiger partial charge in [-0.05, 0) is 36.0 Å². The molecule has 0 saturated carbocycles. The van der Waals surface area contributed by atoms with Crippen LogP contribution in [-0.4, -0.2) is 27.3 Å². The van der Waals surface area contributed by atoms with Crippen LogP contribution in [0.1, 0.15) is 56.1 Å². The first kappa shape index (κ1) is 20.8. The molecule has 0 fully saturated rings. The zero-order valence-electron chi connectivity index (χ0n) is 18.1. The van der Waals surface area contributed by atoms with E-state index in [2.05, 4.69) is 56.8 Å². The first-order valence-corrected chi connectivity index (χ1v) is 9.97. The monoisotopic (exact) mass is 391 g/mol. The van der Waals surface area contributed by atoms with E-state index in [1.54, 1.807) is 12.1 Å². The van der Waals surface area contributed by atoms with Crippen molar-refractivity contribution in [2.24, 2.45) is 5.92 Å².